The number of allylic oxidation sites excluding steroid dienone is 1. The normalized spacial score (nSPS) is 9.96. The van der Waals surface area contributed by atoms with E-state index in [-0.39, 0.29) is 0 Å². The van der Waals surface area contributed by atoms with Crippen LogP contribution in [0.2, 0.25) is 0 Å². The number of ether oxygens (including phenoxy) is 3. The van der Waals surface area contributed by atoms with Crippen LogP contribution in [0.3, 0.4) is 0 Å². The molecule has 0 heterocycles. The Balaban J connectivity index is 2.25. The molecule has 2 aromatic rings. The molecule has 0 aliphatic carbocycles. The van der Waals surface area contributed by atoms with E-state index in [0.29, 0.717) is 28.6 Å². The van der Waals surface area contributed by atoms with E-state index < -0.39 is 5.97 Å². The number of hydrogen-bond acceptors (Lipinski definition) is 4. The van der Waals surface area contributed by atoms with Gasteiger partial charge >= 0.3 is 5.97 Å². The number of carbonyl (C=O) groups is 1. The summed E-state index contributed by atoms with van der Waals surface area (Å²) >= 11 is 0. The van der Waals surface area contributed by atoms with E-state index in [1.807, 2.05) is 37.3 Å². The monoisotopic (exact) mass is 350 g/mol. The highest BCUT2D eigenvalue weighted by molar-refractivity contribution is 5.89. The van der Waals surface area contributed by atoms with Gasteiger partial charge in [0.2, 0.25) is 0 Å². The van der Waals surface area contributed by atoms with Crippen molar-refractivity contribution in [1.82, 2.24) is 0 Å². The second-order valence-corrected chi connectivity index (χ2v) is 5.86. The fourth-order valence-electron chi connectivity index (χ4n) is 2.10. The van der Waals surface area contributed by atoms with Gasteiger partial charge < -0.3 is 14.2 Å². The minimum absolute atomic E-state index is 0.333. The third-order valence-electron chi connectivity index (χ3n) is 3.61. The van der Waals surface area contributed by atoms with E-state index in [1.54, 1.807) is 26.2 Å². The standard InChI is InChI=1S/C22H22O4/c1-14(2)16(5)25-18-9-7-17(8-10-18)20-12-11-19(13-21(20)24-6)26-22(23)15(3)4/h7-13H,1,3,5H2,2,4,6H3. The first-order chi connectivity index (χ1) is 12.3. The third-order valence-corrected chi connectivity index (χ3v) is 3.61. The highest BCUT2D eigenvalue weighted by Crippen LogP contribution is 2.34. The van der Waals surface area contributed by atoms with Crippen LogP contribution < -0.4 is 14.2 Å². The van der Waals surface area contributed by atoms with Crippen molar-refractivity contribution in [1.29, 1.82) is 0 Å². The lowest BCUT2D eigenvalue weighted by Crippen LogP contribution is -2.08. The Hall–Kier alpha value is -3.27. The van der Waals surface area contributed by atoms with Crippen LogP contribution in [0.4, 0.5) is 0 Å². The van der Waals surface area contributed by atoms with Crippen LogP contribution in [-0.4, -0.2) is 13.1 Å². The highest BCUT2D eigenvalue weighted by atomic mass is 16.5. The lowest BCUT2D eigenvalue weighted by atomic mass is 10.0. The average Bonchev–Trinajstić information content (AvgIpc) is 2.62. The lowest BCUT2D eigenvalue weighted by Gasteiger charge is -2.12. The van der Waals surface area contributed by atoms with Gasteiger partial charge in [0.1, 0.15) is 23.0 Å². The quantitative estimate of drug-likeness (QED) is 0.223. The number of benzene rings is 2. The summed E-state index contributed by atoms with van der Waals surface area (Å²) in [5, 5.41) is 0. The molecule has 0 atom stereocenters. The maximum Gasteiger partial charge on any atom is 0.338 e. The average molecular weight is 350 g/mol. The minimum Gasteiger partial charge on any atom is -0.496 e. The van der Waals surface area contributed by atoms with Gasteiger partial charge in [-0.3, -0.25) is 0 Å². The van der Waals surface area contributed by atoms with Crippen molar-refractivity contribution in [3.05, 3.63) is 79.1 Å². The van der Waals surface area contributed by atoms with Gasteiger partial charge in [-0.25, -0.2) is 4.79 Å². The van der Waals surface area contributed by atoms with Gasteiger partial charge in [-0.1, -0.05) is 31.9 Å². The molecule has 0 saturated heterocycles. The van der Waals surface area contributed by atoms with Gasteiger partial charge in [0.05, 0.1) is 7.11 Å². The number of rotatable bonds is 7. The summed E-state index contributed by atoms with van der Waals surface area (Å²) in [6, 6.07) is 12.7. The number of hydrogen-bond donors (Lipinski definition) is 0. The Morgan fingerprint density at radius 3 is 2.00 bits per heavy atom. The van der Waals surface area contributed by atoms with Crippen molar-refractivity contribution < 1.29 is 19.0 Å². The van der Waals surface area contributed by atoms with Crippen molar-refractivity contribution in [3.63, 3.8) is 0 Å². The zero-order valence-electron chi connectivity index (χ0n) is 15.3. The van der Waals surface area contributed by atoms with E-state index in [9.17, 15) is 4.79 Å². The molecule has 0 bridgehead atoms. The molecule has 134 valence electrons. The fraction of sp³-hybridized carbons (Fsp3) is 0.136. The molecule has 0 N–H and O–H groups in total. The van der Waals surface area contributed by atoms with Crippen LogP contribution in [0.5, 0.6) is 17.2 Å². The van der Waals surface area contributed by atoms with Crippen molar-refractivity contribution in [2.24, 2.45) is 0 Å². The van der Waals surface area contributed by atoms with Gasteiger partial charge in [0.25, 0.3) is 0 Å². The molecule has 4 nitrogen and oxygen atoms in total. The molecule has 0 saturated carbocycles. The second kappa shape index (κ2) is 8.21. The first-order valence-corrected chi connectivity index (χ1v) is 8.00. The van der Waals surface area contributed by atoms with Gasteiger partial charge in [-0.15, -0.1) is 0 Å². The molecule has 0 fully saturated rings. The zero-order valence-corrected chi connectivity index (χ0v) is 15.3. The summed E-state index contributed by atoms with van der Waals surface area (Å²) in [5.74, 6) is 1.72. The first-order valence-electron chi connectivity index (χ1n) is 8.00. The Labute approximate surface area is 154 Å². The van der Waals surface area contributed by atoms with Gasteiger partial charge in [0.15, 0.2) is 0 Å². The minimum atomic E-state index is -0.473. The summed E-state index contributed by atoms with van der Waals surface area (Å²) in [4.78, 5) is 11.7. The van der Waals surface area contributed by atoms with Gasteiger partial charge in [-0.2, -0.15) is 0 Å². The highest BCUT2D eigenvalue weighted by Gasteiger charge is 2.11. The predicted molar refractivity (Wildman–Crippen MR) is 103 cm³/mol. The Bertz CT molecular complexity index is 860. The summed E-state index contributed by atoms with van der Waals surface area (Å²) in [6.45, 7) is 14.6. The fourth-order valence-corrected chi connectivity index (χ4v) is 2.10. The van der Waals surface area contributed by atoms with E-state index >= 15 is 0 Å². The smallest absolute Gasteiger partial charge is 0.338 e. The molecule has 0 radical (unpaired) electrons. The van der Waals surface area contributed by atoms with Crippen LogP contribution in [0, 0.1) is 0 Å². The lowest BCUT2D eigenvalue weighted by molar-refractivity contribution is -0.130. The Kier molecular flexibility index (Phi) is 6.02. The molecular weight excluding hydrogens is 328 g/mol. The van der Waals surface area contributed by atoms with Crippen LogP contribution >= 0.6 is 0 Å². The van der Waals surface area contributed by atoms with Crippen LogP contribution in [-0.2, 0) is 4.79 Å². The van der Waals surface area contributed by atoms with Gasteiger partial charge in [-0.05, 0) is 49.2 Å². The van der Waals surface area contributed by atoms with Gasteiger partial charge in [0, 0.05) is 17.2 Å². The maximum atomic E-state index is 11.7. The predicted octanol–water partition coefficient (Wildman–Crippen LogP) is 5.31. The van der Waals surface area contributed by atoms with Crippen LogP contribution in [0.15, 0.2) is 79.1 Å². The van der Waals surface area contributed by atoms with E-state index in [4.69, 9.17) is 14.2 Å². The molecular formula is C22H22O4. The van der Waals surface area contributed by atoms with E-state index in [0.717, 1.165) is 16.7 Å². The first kappa shape index (κ1) is 19.1. The molecule has 26 heavy (non-hydrogen) atoms. The molecule has 0 spiro atoms. The molecule has 0 aliphatic heterocycles. The van der Waals surface area contributed by atoms with Crippen LogP contribution in [0.1, 0.15) is 13.8 Å². The molecule has 0 amide bonds. The van der Waals surface area contributed by atoms with Crippen molar-refractivity contribution >= 4 is 5.97 Å². The van der Waals surface area contributed by atoms with Crippen molar-refractivity contribution in [3.8, 4) is 28.4 Å². The molecule has 2 aromatic carbocycles. The third kappa shape index (κ3) is 4.63. The topological polar surface area (TPSA) is 44.8 Å². The molecule has 2 rings (SSSR count). The Morgan fingerprint density at radius 1 is 0.846 bits per heavy atom. The van der Waals surface area contributed by atoms with Crippen molar-refractivity contribution in [2.75, 3.05) is 7.11 Å². The molecule has 0 unspecified atom stereocenters. The van der Waals surface area contributed by atoms with E-state index in [1.165, 1.54) is 0 Å². The molecule has 0 aromatic heterocycles. The second-order valence-electron chi connectivity index (χ2n) is 5.86. The van der Waals surface area contributed by atoms with Crippen molar-refractivity contribution in [2.45, 2.75) is 13.8 Å². The molecule has 4 heteroatoms. The zero-order chi connectivity index (χ0) is 19.3. The SMILES string of the molecule is C=C(C)C(=C)Oc1ccc(-c2ccc(OC(=O)C(=C)C)cc2OC)cc1. The molecule has 0 aliphatic rings. The summed E-state index contributed by atoms with van der Waals surface area (Å²) < 4.78 is 16.3. The summed E-state index contributed by atoms with van der Waals surface area (Å²) in [7, 11) is 1.57. The Morgan fingerprint density at radius 2 is 1.46 bits per heavy atom. The number of carbonyl (C=O) groups excluding carboxylic acids is 1. The maximum absolute atomic E-state index is 11.7. The largest absolute Gasteiger partial charge is 0.496 e. The number of methoxy groups -OCH3 is 1. The van der Waals surface area contributed by atoms with Crippen LogP contribution in [0.25, 0.3) is 11.1 Å². The summed E-state index contributed by atoms with van der Waals surface area (Å²) in [5.41, 5.74) is 2.91. The van der Waals surface area contributed by atoms with E-state index in [2.05, 4.69) is 19.7 Å². The summed E-state index contributed by atoms with van der Waals surface area (Å²) in [6.07, 6.45) is 0. The number of esters is 1.